The SMILES string of the molecule is CCOC(=O)N(CCOc1ccc(Oc2ccccc2Cl)cc1)C(=O)N(C)C. The molecule has 0 saturated carbocycles. The quantitative estimate of drug-likeness (QED) is 0.669. The minimum absolute atomic E-state index is 0.0632. The van der Waals surface area contributed by atoms with E-state index >= 15 is 0 Å². The number of carbonyl (C=O) groups excluding carboxylic acids is 2. The zero-order valence-electron chi connectivity index (χ0n) is 16.1. The van der Waals surface area contributed by atoms with Crippen molar-refractivity contribution >= 4 is 23.7 Å². The molecular weight excluding hydrogens is 384 g/mol. The van der Waals surface area contributed by atoms with Crippen LogP contribution in [-0.4, -0.2) is 55.8 Å². The highest BCUT2D eigenvalue weighted by Crippen LogP contribution is 2.29. The maximum Gasteiger partial charge on any atom is 0.418 e. The first-order valence-corrected chi connectivity index (χ1v) is 9.11. The van der Waals surface area contributed by atoms with Gasteiger partial charge in [-0.1, -0.05) is 23.7 Å². The van der Waals surface area contributed by atoms with Gasteiger partial charge in [0.2, 0.25) is 0 Å². The van der Waals surface area contributed by atoms with Gasteiger partial charge < -0.3 is 19.1 Å². The zero-order chi connectivity index (χ0) is 20.5. The summed E-state index contributed by atoms with van der Waals surface area (Å²) in [6, 6.07) is 13.7. The Balaban J connectivity index is 1.91. The Morgan fingerprint density at radius 2 is 1.64 bits per heavy atom. The number of ether oxygens (including phenoxy) is 3. The second kappa shape index (κ2) is 10.4. The number of imide groups is 1. The Labute approximate surface area is 169 Å². The number of urea groups is 1. The molecule has 0 N–H and O–H groups in total. The van der Waals surface area contributed by atoms with Gasteiger partial charge >= 0.3 is 12.1 Å². The molecule has 0 spiro atoms. The normalized spacial score (nSPS) is 10.1. The van der Waals surface area contributed by atoms with Gasteiger partial charge in [0.05, 0.1) is 18.2 Å². The van der Waals surface area contributed by atoms with Crippen molar-refractivity contribution < 1.29 is 23.8 Å². The molecule has 0 aliphatic rings. The molecule has 0 aromatic heterocycles. The largest absolute Gasteiger partial charge is 0.492 e. The number of para-hydroxylation sites is 1. The Bertz CT molecular complexity index is 795. The number of rotatable bonds is 7. The third-order valence-electron chi connectivity index (χ3n) is 3.57. The van der Waals surface area contributed by atoms with Gasteiger partial charge in [0.25, 0.3) is 0 Å². The highest BCUT2D eigenvalue weighted by atomic mass is 35.5. The molecule has 0 heterocycles. The summed E-state index contributed by atoms with van der Waals surface area (Å²) < 4.78 is 16.3. The lowest BCUT2D eigenvalue weighted by Gasteiger charge is -2.23. The van der Waals surface area contributed by atoms with E-state index in [4.69, 9.17) is 25.8 Å². The van der Waals surface area contributed by atoms with E-state index in [1.165, 1.54) is 4.90 Å². The van der Waals surface area contributed by atoms with Gasteiger partial charge in [0.15, 0.2) is 0 Å². The van der Waals surface area contributed by atoms with Crippen LogP contribution in [0.5, 0.6) is 17.2 Å². The first-order chi connectivity index (χ1) is 13.4. The van der Waals surface area contributed by atoms with E-state index in [0.29, 0.717) is 22.3 Å². The number of benzene rings is 2. The minimum atomic E-state index is -0.701. The van der Waals surface area contributed by atoms with Crippen LogP contribution in [0, 0.1) is 0 Å². The van der Waals surface area contributed by atoms with Crippen molar-refractivity contribution in [3.05, 3.63) is 53.6 Å². The fourth-order valence-electron chi connectivity index (χ4n) is 2.22. The third kappa shape index (κ3) is 6.06. The van der Waals surface area contributed by atoms with Gasteiger partial charge in [-0.05, 0) is 43.3 Å². The average molecular weight is 407 g/mol. The molecule has 0 saturated heterocycles. The fraction of sp³-hybridized carbons (Fsp3) is 0.300. The Morgan fingerprint density at radius 1 is 1.00 bits per heavy atom. The van der Waals surface area contributed by atoms with Crippen molar-refractivity contribution in [3.8, 4) is 17.2 Å². The number of amides is 3. The summed E-state index contributed by atoms with van der Waals surface area (Å²) in [6.07, 6.45) is -0.701. The molecule has 150 valence electrons. The number of nitrogens with zero attached hydrogens (tertiary/aromatic N) is 2. The van der Waals surface area contributed by atoms with Crippen LogP contribution in [0.2, 0.25) is 5.02 Å². The first kappa shape index (κ1) is 21.4. The van der Waals surface area contributed by atoms with Crippen molar-refractivity contribution in [3.63, 3.8) is 0 Å². The zero-order valence-corrected chi connectivity index (χ0v) is 16.8. The van der Waals surface area contributed by atoms with Crippen molar-refractivity contribution in [2.75, 3.05) is 33.9 Å². The Morgan fingerprint density at radius 3 is 2.25 bits per heavy atom. The fourth-order valence-corrected chi connectivity index (χ4v) is 2.40. The lowest BCUT2D eigenvalue weighted by atomic mass is 10.3. The van der Waals surface area contributed by atoms with Crippen molar-refractivity contribution in [1.29, 1.82) is 0 Å². The molecule has 2 aromatic rings. The molecular formula is C20H23ClN2O5. The molecule has 0 radical (unpaired) electrons. The van der Waals surface area contributed by atoms with Gasteiger partial charge in [-0.15, -0.1) is 0 Å². The summed E-state index contributed by atoms with van der Waals surface area (Å²) in [6.45, 7) is 2.06. The molecule has 8 heteroatoms. The maximum absolute atomic E-state index is 12.1. The topological polar surface area (TPSA) is 68.3 Å². The van der Waals surface area contributed by atoms with Crippen LogP contribution in [-0.2, 0) is 4.74 Å². The Hall–Kier alpha value is -2.93. The van der Waals surface area contributed by atoms with E-state index in [1.807, 2.05) is 12.1 Å². The van der Waals surface area contributed by atoms with E-state index in [0.717, 1.165) is 4.90 Å². The molecule has 0 unspecified atom stereocenters. The summed E-state index contributed by atoms with van der Waals surface area (Å²) in [4.78, 5) is 26.4. The molecule has 2 rings (SSSR count). The lowest BCUT2D eigenvalue weighted by molar-refractivity contribution is 0.101. The summed E-state index contributed by atoms with van der Waals surface area (Å²) >= 11 is 6.08. The van der Waals surface area contributed by atoms with E-state index in [1.54, 1.807) is 57.4 Å². The molecule has 7 nitrogen and oxygen atoms in total. The predicted molar refractivity (Wildman–Crippen MR) is 106 cm³/mol. The first-order valence-electron chi connectivity index (χ1n) is 8.73. The van der Waals surface area contributed by atoms with Crippen LogP contribution in [0.25, 0.3) is 0 Å². The average Bonchev–Trinajstić information content (AvgIpc) is 2.68. The third-order valence-corrected chi connectivity index (χ3v) is 3.89. The number of halogens is 1. The van der Waals surface area contributed by atoms with Crippen molar-refractivity contribution in [2.45, 2.75) is 6.92 Å². The van der Waals surface area contributed by atoms with Crippen LogP contribution in [0.3, 0.4) is 0 Å². The second-order valence-corrected chi connectivity index (χ2v) is 6.29. The highest BCUT2D eigenvalue weighted by Gasteiger charge is 2.24. The number of hydrogen-bond acceptors (Lipinski definition) is 5. The van der Waals surface area contributed by atoms with Crippen LogP contribution < -0.4 is 9.47 Å². The standard InChI is InChI=1S/C20H23ClN2O5/c1-4-26-20(25)23(19(24)22(2)3)13-14-27-15-9-11-16(12-10-15)28-18-8-6-5-7-17(18)21/h5-12H,4,13-14H2,1-3H3. The summed E-state index contributed by atoms with van der Waals surface area (Å²) in [5.41, 5.74) is 0. The van der Waals surface area contributed by atoms with E-state index in [9.17, 15) is 9.59 Å². The van der Waals surface area contributed by atoms with Crippen LogP contribution >= 0.6 is 11.6 Å². The van der Waals surface area contributed by atoms with Crippen LogP contribution in [0.1, 0.15) is 6.92 Å². The van der Waals surface area contributed by atoms with Crippen LogP contribution in [0.4, 0.5) is 9.59 Å². The van der Waals surface area contributed by atoms with Crippen molar-refractivity contribution in [2.24, 2.45) is 0 Å². The predicted octanol–water partition coefficient (Wildman–Crippen LogP) is 4.65. The molecule has 3 amide bonds. The maximum atomic E-state index is 12.1. The Kier molecular flexibility index (Phi) is 7.95. The minimum Gasteiger partial charge on any atom is -0.492 e. The molecule has 0 fully saturated rings. The van der Waals surface area contributed by atoms with Gasteiger partial charge in [-0.2, -0.15) is 0 Å². The highest BCUT2D eigenvalue weighted by molar-refractivity contribution is 6.32. The van der Waals surface area contributed by atoms with E-state index in [2.05, 4.69) is 0 Å². The smallest absolute Gasteiger partial charge is 0.418 e. The molecule has 0 atom stereocenters. The summed E-state index contributed by atoms with van der Waals surface area (Å²) in [5.74, 6) is 1.74. The summed E-state index contributed by atoms with van der Waals surface area (Å²) in [5, 5.41) is 0.521. The number of hydrogen-bond donors (Lipinski definition) is 0. The number of carbonyl (C=O) groups is 2. The van der Waals surface area contributed by atoms with Gasteiger partial charge in [0, 0.05) is 14.1 Å². The van der Waals surface area contributed by atoms with Crippen molar-refractivity contribution in [1.82, 2.24) is 9.80 Å². The monoisotopic (exact) mass is 406 g/mol. The molecule has 2 aromatic carbocycles. The molecule has 0 aliphatic heterocycles. The van der Waals surface area contributed by atoms with Gasteiger partial charge in [0.1, 0.15) is 23.9 Å². The molecule has 0 bridgehead atoms. The van der Waals surface area contributed by atoms with Gasteiger partial charge in [-0.3, -0.25) is 0 Å². The molecule has 28 heavy (non-hydrogen) atoms. The lowest BCUT2D eigenvalue weighted by Crippen LogP contribution is -2.45. The van der Waals surface area contributed by atoms with Gasteiger partial charge in [-0.25, -0.2) is 14.5 Å². The summed E-state index contributed by atoms with van der Waals surface area (Å²) in [7, 11) is 3.13. The van der Waals surface area contributed by atoms with E-state index < -0.39 is 12.1 Å². The van der Waals surface area contributed by atoms with Crippen LogP contribution in [0.15, 0.2) is 48.5 Å². The van der Waals surface area contributed by atoms with E-state index in [-0.39, 0.29) is 19.8 Å². The molecule has 0 aliphatic carbocycles. The second-order valence-electron chi connectivity index (χ2n) is 5.88.